The highest BCUT2D eigenvalue weighted by atomic mass is 15.1. The zero-order valence-corrected chi connectivity index (χ0v) is 4.86. The summed E-state index contributed by atoms with van der Waals surface area (Å²) in [6.45, 7) is 0. The first-order valence-corrected chi connectivity index (χ1v) is 2.58. The van der Waals surface area contributed by atoms with E-state index < -0.39 is 0 Å². The Kier molecular flexibility index (Phi) is 1.80. The van der Waals surface area contributed by atoms with Crippen molar-refractivity contribution >= 4 is 6.21 Å². The lowest BCUT2D eigenvalue weighted by Crippen LogP contribution is -1.88. The van der Waals surface area contributed by atoms with E-state index in [9.17, 15) is 0 Å². The van der Waals surface area contributed by atoms with Crippen LogP contribution in [0.1, 0.15) is 5.69 Å². The summed E-state index contributed by atoms with van der Waals surface area (Å²) in [5.41, 5.74) is 0.778. The lowest BCUT2D eigenvalue weighted by molar-refractivity contribution is 1.23. The molecule has 0 aliphatic carbocycles. The Balaban J connectivity index is 2.85. The summed E-state index contributed by atoms with van der Waals surface area (Å²) < 4.78 is 0. The van der Waals surface area contributed by atoms with Gasteiger partial charge in [-0.3, -0.25) is 4.98 Å². The molecule has 1 aromatic heterocycles. The number of hydrogen-bond acceptors (Lipinski definition) is 3. The van der Waals surface area contributed by atoms with Gasteiger partial charge in [-0.1, -0.05) is 6.07 Å². The van der Waals surface area contributed by atoms with E-state index in [-0.39, 0.29) is 0 Å². The summed E-state index contributed by atoms with van der Waals surface area (Å²) in [4.78, 5) is 3.94. The van der Waals surface area contributed by atoms with Crippen molar-refractivity contribution in [2.75, 3.05) is 0 Å². The average molecular weight is 121 g/mol. The lowest BCUT2D eigenvalue weighted by atomic mass is 10.4. The molecule has 1 aromatic rings. The molecule has 0 spiro atoms. The van der Waals surface area contributed by atoms with Crippen LogP contribution in [0.3, 0.4) is 0 Å². The average Bonchev–Trinajstić information content (AvgIpc) is 1.91. The van der Waals surface area contributed by atoms with E-state index in [0.29, 0.717) is 0 Å². The monoisotopic (exact) mass is 121 g/mol. The summed E-state index contributed by atoms with van der Waals surface area (Å²) in [5, 5.41) is 3.32. The van der Waals surface area contributed by atoms with Crippen LogP contribution in [0.25, 0.3) is 0 Å². The molecule has 0 aliphatic rings. The molecule has 0 aliphatic heterocycles. The molecule has 0 bridgehead atoms. The predicted molar refractivity (Wildman–Crippen MR) is 36.0 cm³/mol. The molecule has 46 valence electrons. The van der Waals surface area contributed by atoms with E-state index in [0.717, 1.165) is 5.69 Å². The molecule has 0 saturated carbocycles. The van der Waals surface area contributed by atoms with Crippen LogP contribution in [-0.4, -0.2) is 11.2 Å². The lowest BCUT2D eigenvalue weighted by Gasteiger charge is -1.85. The van der Waals surface area contributed by atoms with Gasteiger partial charge in [-0.2, -0.15) is 5.10 Å². The Morgan fingerprint density at radius 1 is 1.56 bits per heavy atom. The van der Waals surface area contributed by atoms with Gasteiger partial charge in [-0.15, -0.1) is 0 Å². The summed E-state index contributed by atoms with van der Waals surface area (Å²) in [6.07, 6.45) is 3.19. The largest absolute Gasteiger partial charge is 0.323 e. The standard InChI is InChI=1S/C6H7N3/c7-9-5-6-3-1-2-4-8-6/h1-5H,7H2. The highest BCUT2D eigenvalue weighted by Crippen LogP contribution is 1.86. The van der Waals surface area contributed by atoms with Crippen LogP contribution in [0, 0.1) is 0 Å². The molecule has 0 amide bonds. The number of aromatic nitrogens is 1. The minimum atomic E-state index is 0.778. The van der Waals surface area contributed by atoms with E-state index in [2.05, 4.69) is 10.1 Å². The van der Waals surface area contributed by atoms with Gasteiger partial charge in [0, 0.05) is 6.20 Å². The van der Waals surface area contributed by atoms with Gasteiger partial charge in [0.1, 0.15) is 0 Å². The second-order valence-electron chi connectivity index (χ2n) is 1.53. The normalized spacial score (nSPS) is 10.2. The Morgan fingerprint density at radius 3 is 3.00 bits per heavy atom. The maximum absolute atomic E-state index is 4.89. The van der Waals surface area contributed by atoms with Crippen molar-refractivity contribution in [2.24, 2.45) is 10.9 Å². The van der Waals surface area contributed by atoms with Crippen molar-refractivity contribution in [3.05, 3.63) is 30.1 Å². The number of hydrogen-bond donors (Lipinski definition) is 1. The SMILES string of the molecule is NN=Cc1ccccn1. The van der Waals surface area contributed by atoms with E-state index in [1.54, 1.807) is 6.20 Å². The van der Waals surface area contributed by atoms with Gasteiger partial charge < -0.3 is 5.84 Å². The van der Waals surface area contributed by atoms with Gasteiger partial charge in [-0.25, -0.2) is 0 Å². The molecule has 3 heteroatoms. The van der Waals surface area contributed by atoms with Crippen LogP contribution in [0.2, 0.25) is 0 Å². The van der Waals surface area contributed by atoms with Crippen molar-refractivity contribution in [3.63, 3.8) is 0 Å². The van der Waals surface area contributed by atoms with Crippen LogP contribution >= 0.6 is 0 Å². The van der Waals surface area contributed by atoms with Gasteiger partial charge >= 0.3 is 0 Å². The molecule has 0 atom stereocenters. The molecule has 0 saturated heterocycles. The van der Waals surface area contributed by atoms with Gasteiger partial charge in [0.25, 0.3) is 0 Å². The number of hydrazone groups is 1. The third-order valence-corrected chi connectivity index (χ3v) is 0.895. The zero-order chi connectivity index (χ0) is 6.53. The minimum Gasteiger partial charge on any atom is -0.323 e. The number of nitrogens with zero attached hydrogens (tertiary/aromatic N) is 2. The third-order valence-electron chi connectivity index (χ3n) is 0.895. The minimum absolute atomic E-state index is 0.778. The summed E-state index contributed by atoms with van der Waals surface area (Å²) >= 11 is 0. The molecular weight excluding hydrogens is 114 g/mol. The first-order valence-electron chi connectivity index (χ1n) is 2.58. The molecule has 2 N–H and O–H groups in total. The zero-order valence-electron chi connectivity index (χ0n) is 4.86. The molecule has 0 radical (unpaired) electrons. The molecule has 0 unspecified atom stereocenters. The van der Waals surface area contributed by atoms with E-state index in [1.807, 2.05) is 18.2 Å². The predicted octanol–water partition coefficient (Wildman–Crippen LogP) is 0.374. The Bertz CT molecular complexity index is 193. The van der Waals surface area contributed by atoms with Crippen LogP contribution < -0.4 is 5.84 Å². The quantitative estimate of drug-likeness (QED) is 0.331. The highest BCUT2D eigenvalue weighted by molar-refractivity contribution is 5.76. The van der Waals surface area contributed by atoms with Crippen molar-refractivity contribution < 1.29 is 0 Å². The van der Waals surface area contributed by atoms with Crippen molar-refractivity contribution in [2.45, 2.75) is 0 Å². The molecule has 1 heterocycles. The van der Waals surface area contributed by atoms with Crippen molar-refractivity contribution in [1.29, 1.82) is 0 Å². The van der Waals surface area contributed by atoms with Crippen LogP contribution in [-0.2, 0) is 0 Å². The van der Waals surface area contributed by atoms with Gasteiger partial charge in [0.15, 0.2) is 0 Å². The van der Waals surface area contributed by atoms with Gasteiger partial charge in [-0.05, 0) is 12.1 Å². The second-order valence-corrected chi connectivity index (χ2v) is 1.53. The molecule has 0 aromatic carbocycles. The molecule has 1 rings (SSSR count). The van der Waals surface area contributed by atoms with Crippen LogP contribution in [0.4, 0.5) is 0 Å². The van der Waals surface area contributed by atoms with E-state index in [4.69, 9.17) is 5.84 Å². The summed E-state index contributed by atoms with van der Waals surface area (Å²) in [7, 11) is 0. The fourth-order valence-electron chi connectivity index (χ4n) is 0.529. The summed E-state index contributed by atoms with van der Waals surface area (Å²) in [5.74, 6) is 4.89. The smallest absolute Gasteiger partial charge is 0.0830 e. The molecular formula is C6H7N3. The Hall–Kier alpha value is -1.38. The number of nitrogens with two attached hydrogens (primary N) is 1. The van der Waals surface area contributed by atoms with Gasteiger partial charge in [0.2, 0.25) is 0 Å². The Morgan fingerprint density at radius 2 is 2.44 bits per heavy atom. The molecule has 3 nitrogen and oxygen atoms in total. The van der Waals surface area contributed by atoms with Crippen molar-refractivity contribution in [3.8, 4) is 0 Å². The van der Waals surface area contributed by atoms with Gasteiger partial charge in [0.05, 0.1) is 11.9 Å². The summed E-state index contributed by atoms with van der Waals surface area (Å²) in [6, 6.07) is 5.55. The molecule has 0 fully saturated rings. The fourth-order valence-corrected chi connectivity index (χ4v) is 0.529. The number of rotatable bonds is 1. The maximum Gasteiger partial charge on any atom is 0.0830 e. The van der Waals surface area contributed by atoms with Crippen LogP contribution in [0.15, 0.2) is 29.5 Å². The second kappa shape index (κ2) is 2.81. The third kappa shape index (κ3) is 1.53. The fraction of sp³-hybridized carbons (Fsp3) is 0. The topological polar surface area (TPSA) is 51.3 Å². The molecule has 9 heavy (non-hydrogen) atoms. The van der Waals surface area contributed by atoms with E-state index in [1.165, 1.54) is 6.21 Å². The maximum atomic E-state index is 4.89. The Labute approximate surface area is 53.2 Å². The van der Waals surface area contributed by atoms with E-state index >= 15 is 0 Å². The highest BCUT2D eigenvalue weighted by Gasteiger charge is 1.81. The van der Waals surface area contributed by atoms with Crippen LogP contribution in [0.5, 0.6) is 0 Å². The first kappa shape index (κ1) is 5.75. The van der Waals surface area contributed by atoms with Crippen molar-refractivity contribution in [1.82, 2.24) is 4.98 Å². The number of pyridine rings is 1. The first-order chi connectivity index (χ1) is 4.43.